The van der Waals surface area contributed by atoms with Gasteiger partial charge >= 0.3 is 6.18 Å². The third-order valence-electron chi connectivity index (χ3n) is 4.07. The molecule has 10 heteroatoms. The SMILES string of the molecule is CSCCC(C(=O)NCCCOCC(F)(F)F)N1C(=O)c2ccccc2C1=O. The number of thioether (sulfide) groups is 1. The molecule has 6 nitrogen and oxygen atoms in total. The highest BCUT2D eigenvalue weighted by molar-refractivity contribution is 7.98. The second-order valence-corrected chi connectivity index (χ2v) is 7.12. The highest BCUT2D eigenvalue weighted by Crippen LogP contribution is 2.26. The van der Waals surface area contributed by atoms with Gasteiger partial charge in [0, 0.05) is 13.2 Å². The number of fused-ring (bicyclic) bond motifs is 1. The maximum Gasteiger partial charge on any atom is 0.411 e. The van der Waals surface area contributed by atoms with E-state index in [0.717, 1.165) is 4.90 Å². The number of hydrogen-bond acceptors (Lipinski definition) is 5. The quantitative estimate of drug-likeness (QED) is 0.467. The van der Waals surface area contributed by atoms with Crippen LogP contribution in [0.4, 0.5) is 13.2 Å². The van der Waals surface area contributed by atoms with Gasteiger partial charge in [-0.1, -0.05) is 12.1 Å². The van der Waals surface area contributed by atoms with Gasteiger partial charge in [-0.05, 0) is 37.0 Å². The number of carbonyl (C=O) groups excluding carboxylic acids is 3. The van der Waals surface area contributed by atoms with Crippen molar-refractivity contribution in [3.8, 4) is 0 Å². The predicted octanol–water partition coefficient (Wildman–Crippen LogP) is 2.49. The summed E-state index contributed by atoms with van der Waals surface area (Å²) in [6.45, 7) is -1.43. The van der Waals surface area contributed by atoms with Crippen LogP contribution in [0.3, 0.4) is 0 Å². The number of halogens is 3. The lowest BCUT2D eigenvalue weighted by molar-refractivity contribution is -0.174. The number of ether oxygens (including phenoxy) is 1. The molecule has 1 aromatic carbocycles. The van der Waals surface area contributed by atoms with Crippen molar-refractivity contribution in [2.75, 3.05) is 31.8 Å². The molecule has 0 saturated carbocycles. The number of nitrogens with one attached hydrogen (secondary N) is 1. The Labute approximate surface area is 164 Å². The lowest BCUT2D eigenvalue weighted by Gasteiger charge is -2.25. The van der Waals surface area contributed by atoms with E-state index in [0.29, 0.717) is 5.75 Å². The van der Waals surface area contributed by atoms with Crippen molar-refractivity contribution in [3.05, 3.63) is 35.4 Å². The summed E-state index contributed by atoms with van der Waals surface area (Å²) in [5.41, 5.74) is 0.519. The Morgan fingerprint density at radius 3 is 2.36 bits per heavy atom. The van der Waals surface area contributed by atoms with Crippen molar-refractivity contribution in [1.29, 1.82) is 0 Å². The Hall–Kier alpha value is -2.07. The van der Waals surface area contributed by atoms with Gasteiger partial charge in [-0.15, -0.1) is 0 Å². The molecule has 2 rings (SSSR count). The monoisotopic (exact) mass is 418 g/mol. The normalized spacial score (nSPS) is 14.9. The molecule has 1 atom stereocenters. The van der Waals surface area contributed by atoms with Gasteiger partial charge in [0.05, 0.1) is 11.1 Å². The van der Waals surface area contributed by atoms with Crippen molar-refractivity contribution in [3.63, 3.8) is 0 Å². The molecule has 0 aromatic heterocycles. The maximum absolute atomic E-state index is 12.6. The first-order valence-electron chi connectivity index (χ1n) is 8.64. The van der Waals surface area contributed by atoms with E-state index in [1.54, 1.807) is 12.1 Å². The van der Waals surface area contributed by atoms with Crippen LogP contribution in [0, 0.1) is 0 Å². The molecule has 0 saturated heterocycles. The number of carbonyl (C=O) groups is 3. The molecule has 1 aliphatic heterocycles. The van der Waals surface area contributed by atoms with Crippen LogP contribution >= 0.6 is 11.8 Å². The number of rotatable bonds is 10. The molecule has 1 unspecified atom stereocenters. The number of hydrogen-bond donors (Lipinski definition) is 1. The van der Waals surface area contributed by atoms with Crippen LogP contribution in [0.15, 0.2) is 24.3 Å². The second-order valence-electron chi connectivity index (χ2n) is 6.14. The fourth-order valence-electron chi connectivity index (χ4n) is 2.79. The topological polar surface area (TPSA) is 75.7 Å². The van der Waals surface area contributed by atoms with Gasteiger partial charge in [-0.2, -0.15) is 24.9 Å². The Morgan fingerprint density at radius 1 is 1.21 bits per heavy atom. The van der Waals surface area contributed by atoms with Crippen LogP contribution in [-0.4, -0.2) is 66.6 Å². The van der Waals surface area contributed by atoms with E-state index < -0.39 is 36.5 Å². The number of amides is 3. The second kappa shape index (κ2) is 9.92. The third kappa shape index (κ3) is 5.71. The van der Waals surface area contributed by atoms with Crippen LogP contribution in [0.25, 0.3) is 0 Å². The molecule has 1 aliphatic rings. The average Bonchev–Trinajstić information content (AvgIpc) is 2.89. The van der Waals surface area contributed by atoms with Crippen LogP contribution < -0.4 is 5.32 Å². The first-order chi connectivity index (χ1) is 13.3. The Kier molecular flexibility index (Phi) is 7.88. The standard InChI is InChI=1S/C18H21F3N2O4S/c1-28-10-7-14(15(24)22-8-4-9-27-11-18(19,20)21)23-16(25)12-5-2-3-6-13(12)17(23)26/h2-3,5-6,14H,4,7-11H2,1H3,(H,22,24). The minimum absolute atomic E-state index is 0.0790. The van der Waals surface area contributed by atoms with Crippen LogP contribution in [0.2, 0.25) is 0 Å². The van der Waals surface area contributed by atoms with Crippen molar-refractivity contribution >= 4 is 29.5 Å². The summed E-state index contributed by atoms with van der Waals surface area (Å²) in [4.78, 5) is 38.8. The Morgan fingerprint density at radius 2 is 1.82 bits per heavy atom. The molecule has 0 radical (unpaired) electrons. The number of alkyl halides is 3. The van der Waals surface area contributed by atoms with E-state index in [-0.39, 0.29) is 37.1 Å². The van der Waals surface area contributed by atoms with Crippen molar-refractivity contribution in [2.45, 2.75) is 25.1 Å². The molecule has 1 heterocycles. The average molecular weight is 418 g/mol. The number of imide groups is 1. The summed E-state index contributed by atoms with van der Waals surface area (Å²) in [5.74, 6) is -0.995. The minimum atomic E-state index is -4.39. The first kappa shape index (κ1) is 22.2. The van der Waals surface area contributed by atoms with Crippen LogP contribution in [0.1, 0.15) is 33.6 Å². The zero-order chi connectivity index (χ0) is 20.7. The molecule has 0 aliphatic carbocycles. The summed E-state index contributed by atoms with van der Waals surface area (Å²) in [6.07, 6.45) is -2.09. The molecule has 0 spiro atoms. The van der Waals surface area contributed by atoms with Gasteiger partial charge < -0.3 is 10.1 Å². The number of nitrogens with zero attached hydrogens (tertiary/aromatic N) is 1. The highest BCUT2D eigenvalue weighted by Gasteiger charge is 2.42. The lowest BCUT2D eigenvalue weighted by atomic mass is 10.1. The van der Waals surface area contributed by atoms with Gasteiger partial charge in [0.15, 0.2) is 0 Å². The van der Waals surface area contributed by atoms with E-state index in [2.05, 4.69) is 10.1 Å². The molecular weight excluding hydrogens is 397 g/mol. The molecule has 154 valence electrons. The van der Waals surface area contributed by atoms with Gasteiger partial charge in [-0.3, -0.25) is 19.3 Å². The first-order valence-corrected chi connectivity index (χ1v) is 10.0. The third-order valence-corrected chi connectivity index (χ3v) is 4.71. The van der Waals surface area contributed by atoms with E-state index >= 15 is 0 Å². The van der Waals surface area contributed by atoms with Crippen molar-refractivity contribution in [1.82, 2.24) is 10.2 Å². The van der Waals surface area contributed by atoms with Gasteiger partial charge in [0.2, 0.25) is 5.91 Å². The Balaban J connectivity index is 1.95. The molecule has 0 fully saturated rings. The summed E-state index contributed by atoms with van der Waals surface area (Å²) < 4.78 is 40.5. The molecule has 3 amide bonds. The van der Waals surface area contributed by atoms with E-state index in [1.807, 2.05) is 6.26 Å². The molecular formula is C18H21F3N2O4S. The van der Waals surface area contributed by atoms with Crippen molar-refractivity contribution < 1.29 is 32.3 Å². The lowest BCUT2D eigenvalue weighted by Crippen LogP contribution is -2.50. The Bertz CT molecular complexity index is 692. The van der Waals surface area contributed by atoms with E-state index in [1.165, 1.54) is 23.9 Å². The maximum atomic E-state index is 12.6. The zero-order valence-electron chi connectivity index (χ0n) is 15.3. The summed E-state index contributed by atoms with van der Waals surface area (Å²) >= 11 is 1.47. The molecule has 1 N–H and O–H groups in total. The summed E-state index contributed by atoms with van der Waals surface area (Å²) in [5, 5.41) is 2.58. The van der Waals surface area contributed by atoms with Gasteiger partial charge in [0.1, 0.15) is 12.6 Å². The molecule has 28 heavy (non-hydrogen) atoms. The van der Waals surface area contributed by atoms with E-state index in [9.17, 15) is 27.6 Å². The summed E-state index contributed by atoms with van der Waals surface area (Å²) in [7, 11) is 0. The zero-order valence-corrected chi connectivity index (χ0v) is 16.1. The fourth-order valence-corrected chi connectivity index (χ4v) is 3.25. The molecule has 1 aromatic rings. The highest BCUT2D eigenvalue weighted by atomic mass is 32.2. The minimum Gasteiger partial charge on any atom is -0.372 e. The van der Waals surface area contributed by atoms with E-state index in [4.69, 9.17) is 0 Å². The largest absolute Gasteiger partial charge is 0.411 e. The van der Waals surface area contributed by atoms with Gasteiger partial charge in [0.25, 0.3) is 11.8 Å². The fraction of sp³-hybridized carbons (Fsp3) is 0.500. The summed E-state index contributed by atoms with van der Waals surface area (Å²) in [6, 6.07) is 5.39. The number of benzene rings is 1. The smallest absolute Gasteiger partial charge is 0.372 e. The van der Waals surface area contributed by atoms with Crippen LogP contribution in [-0.2, 0) is 9.53 Å². The predicted molar refractivity (Wildman–Crippen MR) is 98.2 cm³/mol. The van der Waals surface area contributed by atoms with Gasteiger partial charge in [-0.25, -0.2) is 0 Å². The van der Waals surface area contributed by atoms with Crippen LogP contribution in [0.5, 0.6) is 0 Å². The van der Waals surface area contributed by atoms with Crippen molar-refractivity contribution in [2.24, 2.45) is 0 Å². The molecule has 0 bridgehead atoms.